The molecule has 1 amide bonds. The molecule has 0 radical (unpaired) electrons. The Morgan fingerprint density at radius 2 is 2.11 bits per heavy atom. The highest BCUT2D eigenvalue weighted by atomic mass is 16.6. The first-order valence-corrected chi connectivity index (χ1v) is 6.59. The van der Waals surface area contributed by atoms with Crippen molar-refractivity contribution in [1.29, 1.82) is 0 Å². The first-order valence-electron chi connectivity index (χ1n) is 6.59. The van der Waals surface area contributed by atoms with Crippen molar-refractivity contribution in [2.45, 2.75) is 32.7 Å². The number of nitro groups is 1. The fourth-order valence-corrected chi connectivity index (χ4v) is 2.91. The summed E-state index contributed by atoms with van der Waals surface area (Å²) in [5.74, 6) is 0.790. The number of carbonyl (C=O) groups is 1. The monoisotopic (exact) mass is 260 g/mol. The van der Waals surface area contributed by atoms with Gasteiger partial charge in [0.15, 0.2) is 0 Å². The van der Waals surface area contributed by atoms with E-state index in [0.29, 0.717) is 12.3 Å². The van der Waals surface area contributed by atoms with E-state index < -0.39 is 4.92 Å². The van der Waals surface area contributed by atoms with Crippen LogP contribution in [0.4, 0.5) is 11.4 Å². The van der Waals surface area contributed by atoms with Crippen LogP contribution in [0.2, 0.25) is 0 Å². The molecule has 5 heteroatoms. The summed E-state index contributed by atoms with van der Waals surface area (Å²) < 4.78 is 0. The summed E-state index contributed by atoms with van der Waals surface area (Å²) in [6, 6.07) is 4.88. The normalized spacial score (nSPS) is 28.1. The minimum absolute atomic E-state index is 0.0947. The van der Waals surface area contributed by atoms with Crippen molar-refractivity contribution in [2.75, 3.05) is 4.90 Å². The zero-order valence-electron chi connectivity index (χ0n) is 11.0. The highest BCUT2D eigenvalue weighted by molar-refractivity contribution is 5.99. The van der Waals surface area contributed by atoms with Gasteiger partial charge in [0.05, 0.1) is 4.92 Å². The maximum Gasteiger partial charge on any atom is 0.269 e. The molecule has 3 rings (SSSR count). The Bertz CT molecular complexity index is 570. The van der Waals surface area contributed by atoms with Gasteiger partial charge in [0.1, 0.15) is 0 Å². The lowest BCUT2D eigenvalue weighted by Gasteiger charge is -2.22. The molecule has 1 aromatic rings. The van der Waals surface area contributed by atoms with Crippen LogP contribution in [-0.4, -0.2) is 16.9 Å². The lowest BCUT2D eigenvalue weighted by Crippen LogP contribution is -2.37. The Balaban J connectivity index is 1.94. The molecular formula is C14H16N2O3. The van der Waals surface area contributed by atoms with Crippen LogP contribution in [-0.2, 0) is 11.2 Å². The first-order chi connectivity index (χ1) is 8.99. The lowest BCUT2D eigenvalue weighted by molar-refractivity contribution is -0.384. The highest BCUT2D eigenvalue weighted by Gasteiger charge is 2.45. The third-order valence-electron chi connectivity index (χ3n) is 4.15. The third kappa shape index (κ3) is 1.89. The van der Waals surface area contributed by atoms with Crippen molar-refractivity contribution in [1.82, 2.24) is 0 Å². The molecule has 0 spiro atoms. The fraction of sp³-hybridized carbons (Fsp3) is 0.500. The second kappa shape index (κ2) is 4.05. The van der Waals surface area contributed by atoms with Gasteiger partial charge in [-0.15, -0.1) is 0 Å². The molecule has 3 atom stereocenters. The lowest BCUT2D eigenvalue weighted by atomic mass is 10.1. The van der Waals surface area contributed by atoms with Crippen molar-refractivity contribution < 1.29 is 9.72 Å². The Labute approximate surface area is 111 Å². The van der Waals surface area contributed by atoms with Gasteiger partial charge in [-0.3, -0.25) is 14.9 Å². The predicted molar refractivity (Wildman–Crippen MR) is 71.0 cm³/mol. The van der Waals surface area contributed by atoms with E-state index >= 15 is 0 Å². The number of carbonyl (C=O) groups excluding carboxylic acids is 1. The van der Waals surface area contributed by atoms with Gasteiger partial charge in [0.2, 0.25) is 5.91 Å². The molecule has 0 aromatic heterocycles. The van der Waals surface area contributed by atoms with E-state index in [2.05, 4.69) is 6.92 Å². The van der Waals surface area contributed by atoms with Gasteiger partial charge in [-0.1, -0.05) is 6.92 Å². The zero-order valence-corrected chi connectivity index (χ0v) is 11.0. The van der Waals surface area contributed by atoms with Crippen LogP contribution >= 0.6 is 0 Å². The summed E-state index contributed by atoms with van der Waals surface area (Å²) in [6.45, 7) is 4.08. The number of rotatable bonds is 2. The van der Waals surface area contributed by atoms with Gasteiger partial charge >= 0.3 is 0 Å². The number of nitro benzene ring substituents is 1. The Morgan fingerprint density at radius 3 is 2.68 bits per heavy atom. The van der Waals surface area contributed by atoms with Crippen LogP contribution in [0.5, 0.6) is 0 Å². The zero-order chi connectivity index (χ0) is 13.7. The molecule has 0 N–H and O–H groups in total. The van der Waals surface area contributed by atoms with Crippen LogP contribution < -0.4 is 4.90 Å². The number of fused-ring (bicyclic) bond motifs is 1. The maximum absolute atomic E-state index is 12.4. The average Bonchev–Trinajstić information content (AvgIpc) is 2.99. The molecule has 1 aromatic carbocycles. The van der Waals surface area contributed by atoms with Gasteiger partial charge in [0, 0.05) is 29.8 Å². The second-order valence-electron chi connectivity index (χ2n) is 5.65. The Morgan fingerprint density at radius 1 is 1.42 bits per heavy atom. The van der Waals surface area contributed by atoms with E-state index in [1.807, 2.05) is 11.8 Å². The molecule has 1 aliphatic carbocycles. The summed E-state index contributed by atoms with van der Waals surface area (Å²) in [5, 5.41) is 10.8. The number of non-ortho nitro benzene ring substituents is 1. The van der Waals surface area contributed by atoms with Crippen molar-refractivity contribution in [3.05, 3.63) is 33.9 Å². The highest BCUT2D eigenvalue weighted by Crippen LogP contribution is 2.43. The molecule has 0 bridgehead atoms. The van der Waals surface area contributed by atoms with Crippen LogP contribution in [0, 0.1) is 22.0 Å². The molecule has 2 aliphatic rings. The molecule has 1 saturated carbocycles. The van der Waals surface area contributed by atoms with Crippen LogP contribution in [0.15, 0.2) is 18.2 Å². The van der Waals surface area contributed by atoms with Crippen molar-refractivity contribution in [2.24, 2.45) is 11.8 Å². The van der Waals surface area contributed by atoms with Crippen molar-refractivity contribution in [3.8, 4) is 0 Å². The summed E-state index contributed by atoms with van der Waals surface area (Å²) in [5.41, 5.74) is 1.85. The molecule has 0 saturated heterocycles. The van der Waals surface area contributed by atoms with Crippen molar-refractivity contribution >= 4 is 17.3 Å². The molecule has 5 nitrogen and oxygen atoms in total. The van der Waals surface area contributed by atoms with Crippen LogP contribution in [0.25, 0.3) is 0 Å². The summed E-state index contributed by atoms with van der Waals surface area (Å²) >= 11 is 0. The smallest absolute Gasteiger partial charge is 0.269 e. The van der Waals surface area contributed by atoms with Crippen molar-refractivity contribution in [3.63, 3.8) is 0 Å². The minimum Gasteiger partial charge on any atom is -0.309 e. The van der Waals surface area contributed by atoms with E-state index in [9.17, 15) is 14.9 Å². The number of amides is 1. The van der Waals surface area contributed by atoms with Gasteiger partial charge < -0.3 is 4.90 Å². The van der Waals surface area contributed by atoms with E-state index in [1.165, 1.54) is 6.07 Å². The standard InChI is InChI=1S/C14H16N2O3/c1-8-5-12(8)14(17)15-9(2)6-10-7-11(16(18)19)3-4-13(10)15/h3-4,7-9,12H,5-6H2,1-2H3/t8-,9-,12+/m1/s1. The summed E-state index contributed by atoms with van der Waals surface area (Å²) in [6.07, 6.45) is 1.66. The van der Waals surface area contributed by atoms with Crippen LogP contribution in [0.1, 0.15) is 25.8 Å². The van der Waals surface area contributed by atoms with E-state index in [-0.39, 0.29) is 23.6 Å². The predicted octanol–water partition coefficient (Wildman–Crippen LogP) is 2.53. The first kappa shape index (κ1) is 12.1. The number of benzene rings is 1. The summed E-state index contributed by atoms with van der Waals surface area (Å²) in [7, 11) is 0. The molecule has 100 valence electrons. The second-order valence-corrected chi connectivity index (χ2v) is 5.65. The van der Waals surface area contributed by atoms with Gasteiger partial charge in [-0.25, -0.2) is 0 Å². The number of anilines is 1. The largest absolute Gasteiger partial charge is 0.309 e. The Kier molecular flexibility index (Phi) is 2.59. The SMILES string of the molecule is C[C@@H]1C[C@@H]1C(=O)N1c2ccc([N+](=O)[O-])cc2C[C@H]1C. The molecule has 1 heterocycles. The third-order valence-corrected chi connectivity index (χ3v) is 4.15. The Hall–Kier alpha value is -1.91. The molecular weight excluding hydrogens is 244 g/mol. The van der Waals surface area contributed by atoms with E-state index in [1.54, 1.807) is 12.1 Å². The molecule has 19 heavy (non-hydrogen) atoms. The molecule has 0 unspecified atom stereocenters. The average molecular weight is 260 g/mol. The number of hydrogen-bond donors (Lipinski definition) is 0. The van der Waals surface area contributed by atoms with Gasteiger partial charge in [-0.2, -0.15) is 0 Å². The fourth-order valence-electron chi connectivity index (χ4n) is 2.91. The topological polar surface area (TPSA) is 63.5 Å². The van der Waals surface area contributed by atoms with E-state index in [4.69, 9.17) is 0 Å². The number of hydrogen-bond acceptors (Lipinski definition) is 3. The summed E-state index contributed by atoms with van der Waals surface area (Å²) in [4.78, 5) is 24.6. The quantitative estimate of drug-likeness (QED) is 0.606. The number of nitrogens with zero attached hydrogens (tertiary/aromatic N) is 2. The van der Waals surface area contributed by atoms with Crippen LogP contribution in [0.3, 0.4) is 0 Å². The van der Waals surface area contributed by atoms with Gasteiger partial charge in [0.25, 0.3) is 5.69 Å². The molecule has 1 fully saturated rings. The minimum atomic E-state index is -0.390. The maximum atomic E-state index is 12.4. The molecule has 1 aliphatic heterocycles. The van der Waals surface area contributed by atoms with E-state index in [0.717, 1.165) is 17.7 Å². The van der Waals surface area contributed by atoms with Gasteiger partial charge in [-0.05, 0) is 37.3 Å².